The van der Waals surface area contributed by atoms with Gasteiger partial charge < -0.3 is 14.8 Å². The summed E-state index contributed by atoms with van der Waals surface area (Å²) in [6.45, 7) is 0.710. The van der Waals surface area contributed by atoms with Crippen molar-refractivity contribution in [1.82, 2.24) is 5.32 Å². The molecule has 126 valence electrons. The van der Waals surface area contributed by atoms with Gasteiger partial charge >= 0.3 is 12.1 Å². The number of esters is 1. The minimum absolute atomic E-state index is 0.250. The predicted molar refractivity (Wildman–Crippen MR) is 93.9 cm³/mol. The summed E-state index contributed by atoms with van der Waals surface area (Å²) in [7, 11) is 1.36. The Morgan fingerprint density at radius 3 is 2.75 bits per heavy atom. The van der Waals surface area contributed by atoms with Gasteiger partial charge in [-0.2, -0.15) is 0 Å². The van der Waals surface area contributed by atoms with E-state index in [0.29, 0.717) is 17.8 Å². The smallest absolute Gasteiger partial charge is 0.407 e. The first kappa shape index (κ1) is 17.7. The van der Waals surface area contributed by atoms with Gasteiger partial charge in [0, 0.05) is 6.54 Å². The van der Waals surface area contributed by atoms with Crippen LogP contribution < -0.4 is 5.32 Å². The Morgan fingerprint density at radius 1 is 1.21 bits per heavy atom. The average molecular weight is 345 g/mol. The lowest BCUT2D eigenvalue weighted by molar-refractivity contribution is 0.0606. The topological polar surface area (TPSA) is 64.6 Å². The molecule has 2 aromatic rings. The first-order chi connectivity index (χ1) is 11.7. The van der Waals surface area contributed by atoms with E-state index in [0.717, 1.165) is 11.1 Å². The molecule has 0 atom stereocenters. The number of rotatable bonds is 7. The number of hydrogen-bond donors (Lipinski definition) is 1. The predicted octanol–water partition coefficient (Wildman–Crippen LogP) is 3.86. The Bertz CT molecular complexity index is 694. The van der Waals surface area contributed by atoms with Crippen molar-refractivity contribution >= 4 is 29.5 Å². The van der Waals surface area contributed by atoms with E-state index in [1.54, 1.807) is 0 Å². The molecule has 0 saturated carbocycles. The largest absolute Gasteiger partial charge is 0.465 e. The van der Waals surface area contributed by atoms with Gasteiger partial charge in [-0.3, -0.25) is 0 Å². The van der Waals surface area contributed by atoms with E-state index in [1.165, 1.54) is 18.4 Å². The van der Waals surface area contributed by atoms with Gasteiger partial charge in [0.25, 0.3) is 0 Å². The summed E-state index contributed by atoms with van der Waals surface area (Å²) in [5, 5.41) is 4.52. The van der Waals surface area contributed by atoms with Crippen LogP contribution in [0.25, 0.3) is 6.08 Å². The summed E-state index contributed by atoms with van der Waals surface area (Å²) in [5.41, 5.74) is 1.76. The van der Waals surface area contributed by atoms with E-state index in [4.69, 9.17) is 9.47 Å². The van der Waals surface area contributed by atoms with Crippen LogP contribution in [-0.2, 0) is 16.1 Å². The number of carbonyl (C=O) groups is 2. The summed E-state index contributed by atoms with van der Waals surface area (Å²) in [4.78, 5) is 23.7. The molecule has 0 fully saturated rings. The highest BCUT2D eigenvalue weighted by Crippen LogP contribution is 2.19. The summed E-state index contributed by atoms with van der Waals surface area (Å²) in [6, 6.07) is 11.4. The molecule has 0 aliphatic rings. The normalized spacial score (nSPS) is 10.5. The number of carbonyl (C=O) groups excluding carboxylic acids is 2. The van der Waals surface area contributed by atoms with E-state index in [9.17, 15) is 9.59 Å². The molecule has 0 aliphatic carbocycles. The van der Waals surface area contributed by atoms with Crippen LogP contribution in [0, 0.1) is 0 Å². The molecule has 0 spiro atoms. The van der Waals surface area contributed by atoms with Crippen molar-refractivity contribution in [2.45, 2.75) is 13.0 Å². The molecule has 1 amide bonds. The maximum Gasteiger partial charge on any atom is 0.407 e. The molecule has 1 aromatic heterocycles. The molecule has 0 bridgehead atoms. The molecule has 0 aliphatic heterocycles. The fourth-order valence-corrected chi connectivity index (χ4v) is 2.75. The summed E-state index contributed by atoms with van der Waals surface area (Å²) in [5.74, 6) is -0.340. The Labute approximate surface area is 144 Å². The lowest BCUT2D eigenvalue weighted by Crippen LogP contribution is -2.24. The highest BCUT2D eigenvalue weighted by atomic mass is 32.1. The third kappa shape index (κ3) is 5.55. The van der Waals surface area contributed by atoms with E-state index in [1.807, 2.05) is 53.9 Å². The standard InChI is InChI=1S/C18H19NO4S/c1-22-17(20)16-15(10-12-24-16)9-5-6-11-19-18(21)23-13-14-7-3-2-4-8-14/h2-5,7-10,12H,6,11,13H2,1H3,(H,19,21). The lowest BCUT2D eigenvalue weighted by Gasteiger charge is -2.05. The first-order valence-electron chi connectivity index (χ1n) is 7.47. The average Bonchev–Trinajstić information content (AvgIpc) is 3.08. The SMILES string of the molecule is COC(=O)c1sccc1C=CCCNC(=O)OCc1ccccc1. The van der Waals surface area contributed by atoms with Crippen molar-refractivity contribution in [3.05, 3.63) is 63.9 Å². The number of methoxy groups -OCH3 is 1. The van der Waals surface area contributed by atoms with Crippen molar-refractivity contribution in [1.29, 1.82) is 0 Å². The molecule has 1 aromatic carbocycles. The molecule has 5 nitrogen and oxygen atoms in total. The second-order valence-electron chi connectivity index (χ2n) is 4.88. The molecule has 2 rings (SSSR count). The third-order valence-electron chi connectivity index (χ3n) is 3.16. The molecule has 24 heavy (non-hydrogen) atoms. The Balaban J connectivity index is 1.68. The van der Waals surface area contributed by atoms with Gasteiger partial charge in [0.2, 0.25) is 0 Å². The van der Waals surface area contributed by atoms with E-state index in [2.05, 4.69) is 5.32 Å². The Morgan fingerprint density at radius 2 is 2.00 bits per heavy atom. The second kappa shape index (κ2) is 9.52. The third-order valence-corrected chi connectivity index (χ3v) is 4.07. The van der Waals surface area contributed by atoms with Crippen LogP contribution in [0.3, 0.4) is 0 Å². The highest BCUT2D eigenvalue weighted by molar-refractivity contribution is 7.12. The number of hydrogen-bond acceptors (Lipinski definition) is 5. The van der Waals surface area contributed by atoms with E-state index >= 15 is 0 Å². The summed E-state index contributed by atoms with van der Waals surface area (Å²) in [6.07, 6.45) is 3.93. The maximum atomic E-state index is 11.6. The van der Waals surface area contributed by atoms with Gasteiger partial charge in [-0.05, 0) is 29.0 Å². The van der Waals surface area contributed by atoms with Gasteiger partial charge in [0.05, 0.1) is 7.11 Å². The van der Waals surface area contributed by atoms with Gasteiger partial charge in [-0.15, -0.1) is 11.3 Å². The summed E-state index contributed by atoms with van der Waals surface area (Å²) >= 11 is 1.34. The number of thiophene rings is 1. The fraction of sp³-hybridized carbons (Fsp3) is 0.222. The number of benzene rings is 1. The van der Waals surface area contributed by atoms with Gasteiger partial charge in [0.15, 0.2) is 0 Å². The van der Waals surface area contributed by atoms with Crippen molar-refractivity contribution in [3.8, 4) is 0 Å². The molecule has 0 radical (unpaired) electrons. The van der Waals surface area contributed by atoms with E-state index in [-0.39, 0.29) is 12.6 Å². The monoisotopic (exact) mass is 345 g/mol. The molecule has 0 unspecified atom stereocenters. The van der Waals surface area contributed by atoms with Crippen LogP contribution in [0.5, 0.6) is 0 Å². The van der Waals surface area contributed by atoms with Crippen LogP contribution in [0.2, 0.25) is 0 Å². The van der Waals surface area contributed by atoms with Crippen LogP contribution in [0.4, 0.5) is 4.79 Å². The molecular weight excluding hydrogens is 326 g/mol. The van der Waals surface area contributed by atoms with Crippen molar-refractivity contribution in [2.24, 2.45) is 0 Å². The fourth-order valence-electron chi connectivity index (χ4n) is 1.95. The molecule has 1 heterocycles. The quantitative estimate of drug-likeness (QED) is 0.611. The maximum absolute atomic E-state index is 11.6. The Kier molecular flexibility index (Phi) is 7.04. The van der Waals surface area contributed by atoms with Crippen molar-refractivity contribution in [2.75, 3.05) is 13.7 Å². The molecule has 6 heteroatoms. The zero-order valence-electron chi connectivity index (χ0n) is 13.4. The number of ether oxygens (including phenoxy) is 2. The zero-order valence-corrected chi connectivity index (χ0v) is 14.2. The van der Waals surface area contributed by atoms with Crippen LogP contribution in [-0.4, -0.2) is 25.7 Å². The minimum atomic E-state index is -0.446. The van der Waals surface area contributed by atoms with Gasteiger partial charge in [-0.25, -0.2) is 9.59 Å². The van der Waals surface area contributed by atoms with Crippen LogP contribution in [0.1, 0.15) is 27.2 Å². The van der Waals surface area contributed by atoms with Crippen molar-refractivity contribution in [3.63, 3.8) is 0 Å². The highest BCUT2D eigenvalue weighted by Gasteiger charge is 2.10. The number of amides is 1. The molecular formula is C18H19NO4S. The minimum Gasteiger partial charge on any atom is -0.465 e. The van der Waals surface area contributed by atoms with Gasteiger partial charge in [0.1, 0.15) is 11.5 Å². The first-order valence-corrected chi connectivity index (χ1v) is 8.35. The molecule has 1 N–H and O–H groups in total. The van der Waals surface area contributed by atoms with Crippen LogP contribution >= 0.6 is 11.3 Å². The van der Waals surface area contributed by atoms with E-state index < -0.39 is 6.09 Å². The number of alkyl carbamates (subject to hydrolysis) is 1. The number of nitrogens with one attached hydrogen (secondary N) is 1. The van der Waals surface area contributed by atoms with Crippen LogP contribution in [0.15, 0.2) is 47.9 Å². The zero-order chi connectivity index (χ0) is 17.2. The lowest BCUT2D eigenvalue weighted by atomic mass is 10.2. The molecule has 0 saturated heterocycles. The van der Waals surface area contributed by atoms with Gasteiger partial charge in [-0.1, -0.05) is 42.5 Å². The van der Waals surface area contributed by atoms with Crippen molar-refractivity contribution < 1.29 is 19.1 Å². The summed E-state index contributed by atoms with van der Waals surface area (Å²) < 4.78 is 9.83. The second-order valence-corrected chi connectivity index (χ2v) is 5.79. The Hall–Kier alpha value is -2.60.